The van der Waals surface area contributed by atoms with Gasteiger partial charge in [-0.3, -0.25) is 5.10 Å². The van der Waals surface area contributed by atoms with Gasteiger partial charge in [-0.05, 0) is 6.92 Å². The Hall–Kier alpha value is -1.45. The quantitative estimate of drug-likeness (QED) is 0.633. The highest BCUT2D eigenvalue weighted by Gasteiger charge is 2.31. The third kappa shape index (κ3) is 2.46. The smallest absolute Gasteiger partial charge is 0.340 e. The lowest BCUT2D eigenvalue weighted by Crippen LogP contribution is -2.38. The van der Waals surface area contributed by atoms with Gasteiger partial charge in [-0.15, -0.1) is 0 Å². The van der Waals surface area contributed by atoms with E-state index >= 15 is 0 Å². The van der Waals surface area contributed by atoms with Gasteiger partial charge in [0.2, 0.25) is 0 Å². The van der Waals surface area contributed by atoms with Gasteiger partial charge < -0.3 is 10.2 Å². The molecule has 1 aromatic heterocycles. The number of nitrogens with zero attached hydrogens (tertiary/aromatic N) is 2. The van der Waals surface area contributed by atoms with E-state index in [1.807, 2.05) is 0 Å². The molecule has 96 valence electrons. The molecule has 0 fully saturated rings. The van der Waals surface area contributed by atoms with E-state index in [0.717, 1.165) is 10.5 Å². The van der Waals surface area contributed by atoms with E-state index in [-0.39, 0.29) is 6.61 Å². The Morgan fingerprint density at radius 2 is 2.24 bits per heavy atom. The molecular formula is C8H13N3O5S. The van der Waals surface area contributed by atoms with Crippen LogP contribution in [0.3, 0.4) is 0 Å². The van der Waals surface area contributed by atoms with Gasteiger partial charge in [-0.1, -0.05) is 0 Å². The number of carbonyl (C=O) groups is 1. The first-order valence-electron chi connectivity index (χ1n) is 4.68. The van der Waals surface area contributed by atoms with Crippen molar-refractivity contribution in [3.05, 3.63) is 11.8 Å². The standard InChI is InChI=1S/C8H13N3O5S/c1-5(4-12)11(2)17(15,16)7-6(8(13)14)3-9-10-7/h3,5,12H,4H2,1-2H3,(H,9,10)(H,13,14). The summed E-state index contributed by atoms with van der Waals surface area (Å²) in [5.41, 5.74) is -0.429. The number of aliphatic hydroxyl groups is 1. The molecule has 1 atom stereocenters. The van der Waals surface area contributed by atoms with E-state index in [2.05, 4.69) is 10.2 Å². The molecule has 0 aromatic carbocycles. The Kier molecular flexibility index (Phi) is 3.86. The van der Waals surface area contributed by atoms with Crippen LogP contribution >= 0.6 is 0 Å². The average molecular weight is 263 g/mol. The summed E-state index contributed by atoms with van der Waals surface area (Å²) in [5.74, 6) is -1.39. The molecular weight excluding hydrogens is 250 g/mol. The molecule has 8 nitrogen and oxygen atoms in total. The van der Waals surface area contributed by atoms with Gasteiger partial charge in [0.15, 0.2) is 5.03 Å². The first-order valence-corrected chi connectivity index (χ1v) is 6.12. The Morgan fingerprint density at radius 3 is 2.71 bits per heavy atom. The lowest BCUT2D eigenvalue weighted by atomic mass is 10.4. The maximum atomic E-state index is 12.0. The predicted octanol–water partition coefficient (Wildman–Crippen LogP) is -0.891. The first kappa shape index (κ1) is 13.6. The van der Waals surface area contributed by atoms with Crippen LogP contribution in [0.25, 0.3) is 0 Å². The van der Waals surface area contributed by atoms with Crippen LogP contribution in [0.1, 0.15) is 17.3 Å². The fraction of sp³-hybridized carbons (Fsp3) is 0.500. The molecule has 1 aromatic rings. The van der Waals surface area contributed by atoms with E-state index in [9.17, 15) is 13.2 Å². The molecule has 9 heteroatoms. The number of aromatic nitrogens is 2. The van der Waals surface area contributed by atoms with Crippen molar-refractivity contribution in [1.29, 1.82) is 0 Å². The number of rotatable bonds is 5. The van der Waals surface area contributed by atoms with Crippen LogP contribution in [0.4, 0.5) is 0 Å². The summed E-state index contributed by atoms with van der Waals surface area (Å²) in [6.45, 7) is 1.13. The van der Waals surface area contributed by atoms with Gasteiger partial charge >= 0.3 is 5.97 Å². The van der Waals surface area contributed by atoms with Crippen molar-refractivity contribution in [2.75, 3.05) is 13.7 Å². The highest BCUT2D eigenvalue weighted by atomic mass is 32.2. The predicted molar refractivity (Wildman–Crippen MR) is 57.0 cm³/mol. The molecule has 0 bridgehead atoms. The maximum Gasteiger partial charge on any atom is 0.340 e. The minimum Gasteiger partial charge on any atom is -0.478 e. The fourth-order valence-corrected chi connectivity index (χ4v) is 2.53. The van der Waals surface area contributed by atoms with Gasteiger partial charge in [0.05, 0.1) is 12.8 Å². The van der Waals surface area contributed by atoms with Crippen LogP contribution in [0.2, 0.25) is 0 Å². The lowest BCUT2D eigenvalue weighted by Gasteiger charge is -2.21. The van der Waals surface area contributed by atoms with E-state index in [4.69, 9.17) is 10.2 Å². The number of carboxylic acid groups (broad SMARTS) is 1. The average Bonchev–Trinajstić information content (AvgIpc) is 2.76. The number of H-pyrrole nitrogens is 1. The summed E-state index contributed by atoms with van der Waals surface area (Å²) < 4.78 is 24.9. The van der Waals surface area contributed by atoms with Gasteiger partial charge in [-0.2, -0.15) is 9.40 Å². The number of nitrogens with one attached hydrogen (secondary N) is 1. The maximum absolute atomic E-state index is 12.0. The number of hydrogen-bond acceptors (Lipinski definition) is 5. The molecule has 0 spiro atoms. The Bertz CT molecular complexity index is 509. The van der Waals surface area contributed by atoms with E-state index in [1.54, 1.807) is 0 Å². The largest absolute Gasteiger partial charge is 0.478 e. The third-order valence-electron chi connectivity index (χ3n) is 2.36. The van der Waals surface area contributed by atoms with Crippen molar-refractivity contribution in [2.24, 2.45) is 0 Å². The molecule has 0 saturated heterocycles. The lowest BCUT2D eigenvalue weighted by molar-refractivity contribution is 0.0692. The molecule has 0 amide bonds. The summed E-state index contributed by atoms with van der Waals surface area (Å²) in [7, 11) is -2.76. The van der Waals surface area contributed by atoms with Gasteiger partial charge in [0, 0.05) is 13.1 Å². The van der Waals surface area contributed by atoms with Crippen LogP contribution in [0, 0.1) is 0 Å². The van der Waals surface area contributed by atoms with Crippen LogP contribution in [-0.4, -0.2) is 58.8 Å². The van der Waals surface area contributed by atoms with Crippen LogP contribution in [0.15, 0.2) is 11.2 Å². The topological polar surface area (TPSA) is 124 Å². The van der Waals surface area contributed by atoms with Crippen molar-refractivity contribution in [2.45, 2.75) is 18.0 Å². The second kappa shape index (κ2) is 4.82. The summed E-state index contributed by atoms with van der Waals surface area (Å²) in [5, 5.41) is 22.8. The van der Waals surface area contributed by atoms with Crippen molar-refractivity contribution in [1.82, 2.24) is 14.5 Å². The molecule has 0 saturated carbocycles. The van der Waals surface area contributed by atoms with Crippen molar-refractivity contribution < 1.29 is 23.4 Å². The molecule has 1 unspecified atom stereocenters. The van der Waals surface area contributed by atoms with Crippen molar-refractivity contribution in [3.8, 4) is 0 Å². The number of aromatic carboxylic acids is 1. The monoisotopic (exact) mass is 263 g/mol. The minimum atomic E-state index is -4.01. The highest BCUT2D eigenvalue weighted by Crippen LogP contribution is 2.18. The molecule has 17 heavy (non-hydrogen) atoms. The highest BCUT2D eigenvalue weighted by molar-refractivity contribution is 7.89. The van der Waals surface area contributed by atoms with Gasteiger partial charge in [0.1, 0.15) is 5.56 Å². The zero-order valence-electron chi connectivity index (χ0n) is 9.28. The second-order valence-electron chi connectivity index (χ2n) is 3.47. The van der Waals surface area contributed by atoms with Gasteiger partial charge in [-0.25, -0.2) is 13.2 Å². The zero-order valence-corrected chi connectivity index (χ0v) is 10.1. The number of carboxylic acids is 1. The molecule has 1 rings (SSSR count). The number of sulfonamides is 1. The van der Waals surface area contributed by atoms with Crippen molar-refractivity contribution >= 4 is 16.0 Å². The van der Waals surface area contributed by atoms with E-state index in [0.29, 0.717) is 0 Å². The third-order valence-corrected chi connectivity index (χ3v) is 4.30. The Morgan fingerprint density at radius 1 is 1.65 bits per heavy atom. The molecule has 3 N–H and O–H groups in total. The summed E-state index contributed by atoms with van der Waals surface area (Å²) in [6.07, 6.45) is 0.923. The molecule has 0 aliphatic heterocycles. The second-order valence-corrected chi connectivity index (χ2v) is 5.41. The molecule has 0 aliphatic carbocycles. The van der Waals surface area contributed by atoms with Crippen LogP contribution < -0.4 is 0 Å². The molecule has 0 radical (unpaired) electrons. The fourth-order valence-electron chi connectivity index (χ4n) is 1.12. The van der Waals surface area contributed by atoms with Crippen LogP contribution in [0.5, 0.6) is 0 Å². The summed E-state index contributed by atoms with van der Waals surface area (Å²) in [6, 6.07) is -0.662. The van der Waals surface area contributed by atoms with Crippen LogP contribution in [-0.2, 0) is 10.0 Å². The molecule has 1 heterocycles. The minimum absolute atomic E-state index is 0.369. The van der Waals surface area contributed by atoms with E-state index in [1.165, 1.54) is 14.0 Å². The number of aliphatic hydroxyl groups excluding tert-OH is 1. The number of hydrogen-bond donors (Lipinski definition) is 3. The number of aromatic amines is 1. The first-order chi connectivity index (χ1) is 7.82. The van der Waals surface area contributed by atoms with Gasteiger partial charge in [0.25, 0.3) is 10.0 Å². The SMILES string of the molecule is CC(CO)N(C)S(=O)(=O)c1[nH]ncc1C(=O)O. The van der Waals surface area contributed by atoms with E-state index < -0.39 is 32.6 Å². The molecule has 0 aliphatic rings. The summed E-state index contributed by atoms with van der Waals surface area (Å²) in [4.78, 5) is 10.8. The summed E-state index contributed by atoms with van der Waals surface area (Å²) >= 11 is 0. The number of likely N-dealkylation sites (N-methyl/N-ethyl adjacent to an activating group) is 1. The zero-order chi connectivity index (χ0) is 13.2. The Balaban J connectivity index is 3.22. The normalized spacial score (nSPS) is 13.9. The van der Waals surface area contributed by atoms with Crippen molar-refractivity contribution in [3.63, 3.8) is 0 Å². The Labute approximate surface area is 97.9 Å².